The lowest BCUT2D eigenvalue weighted by Crippen LogP contribution is -2.46. The largest absolute Gasteiger partial charge is 0.478 e. The van der Waals surface area contributed by atoms with Crippen LogP contribution in [-0.2, 0) is 10.2 Å². The first-order valence-electron chi connectivity index (χ1n) is 14.7. The fourth-order valence-corrected chi connectivity index (χ4v) is 9.21. The van der Waals surface area contributed by atoms with E-state index >= 15 is 0 Å². The summed E-state index contributed by atoms with van der Waals surface area (Å²) in [5.41, 5.74) is 1.56. The number of benzene rings is 1. The number of aromatic carboxylic acids is 1. The summed E-state index contributed by atoms with van der Waals surface area (Å²) in [4.78, 5) is 32.1. The summed E-state index contributed by atoms with van der Waals surface area (Å²) in [7, 11) is 0. The van der Waals surface area contributed by atoms with Gasteiger partial charge in [-0.25, -0.2) is 19.0 Å². The third-order valence-electron chi connectivity index (χ3n) is 10.3. The standard InChI is InChI=1S/C30H32FN3O5S/c31-21-11-17(27(35)36)12-22-24(21)32-29(40-22)34-18-3-4-19(34)14-20(13-18)38-28(37)23-25(16-1-2-16)39-33-26(23)30-8-5-15(6-9-30)7-10-30/h11-12,15-16,18-20H,1-10,13-14H2,(H,35,36)/t15?,18-,19+,20-,30?. The van der Waals surface area contributed by atoms with Crippen molar-refractivity contribution in [3.8, 4) is 0 Å². The molecule has 6 aliphatic rings. The molecule has 2 saturated heterocycles. The average molecular weight is 566 g/mol. The van der Waals surface area contributed by atoms with Crippen LogP contribution in [-0.4, -0.2) is 45.4 Å². The first kappa shape index (κ1) is 24.8. The van der Waals surface area contributed by atoms with Gasteiger partial charge in [-0.05, 0) is 82.3 Å². The van der Waals surface area contributed by atoms with Gasteiger partial charge in [-0.1, -0.05) is 16.5 Å². The molecule has 1 aromatic carbocycles. The van der Waals surface area contributed by atoms with Crippen molar-refractivity contribution in [1.82, 2.24) is 10.1 Å². The van der Waals surface area contributed by atoms with Gasteiger partial charge in [-0.15, -0.1) is 0 Å². The number of carbonyl (C=O) groups excluding carboxylic acids is 1. The first-order chi connectivity index (χ1) is 19.4. The molecular formula is C30H32FN3O5S. The van der Waals surface area contributed by atoms with Crippen LogP contribution in [0.5, 0.6) is 0 Å². The number of carboxylic acids is 1. The molecule has 3 atom stereocenters. The van der Waals surface area contributed by atoms with Gasteiger partial charge >= 0.3 is 11.9 Å². The number of hydrogen-bond acceptors (Lipinski definition) is 8. The highest BCUT2D eigenvalue weighted by Crippen LogP contribution is 2.54. The lowest BCUT2D eigenvalue weighted by Gasteiger charge is -2.45. The molecule has 4 heterocycles. The molecule has 0 radical (unpaired) electrons. The molecule has 4 saturated carbocycles. The van der Waals surface area contributed by atoms with E-state index in [0.29, 0.717) is 28.2 Å². The molecule has 210 valence electrons. The highest BCUT2D eigenvalue weighted by molar-refractivity contribution is 7.22. The van der Waals surface area contributed by atoms with Crippen molar-refractivity contribution in [2.24, 2.45) is 5.92 Å². The number of carbonyl (C=O) groups is 2. The summed E-state index contributed by atoms with van der Waals surface area (Å²) in [5, 5.41) is 14.6. The van der Waals surface area contributed by atoms with E-state index < -0.39 is 11.8 Å². The molecule has 6 fully saturated rings. The van der Waals surface area contributed by atoms with Crippen molar-refractivity contribution in [1.29, 1.82) is 0 Å². The smallest absolute Gasteiger partial charge is 0.344 e. The quantitative estimate of drug-likeness (QED) is 0.334. The van der Waals surface area contributed by atoms with E-state index in [1.54, 1.807) is 0 Å². The van der Waals surface area contributed by atoms with Gasteiger partial charge in [0.05, 0.1) is 10.3 Å². The van der Waals surface area contributed by atoms with E-state index in [2.05, 4.69) is 15.0 Å². The molecule has 1 N–H and O–H groups in total. The SMILES string of the molecule is O=C(O)c1cc(F)c2nc(N3[C@@H]4CC[C@H]3C[C@H](OC(=O)c3c(C56CCC(CC5)CC6)noc3C3CC3)C4)sc2c1. The van der Waals surface area contributed by atoms with Crippen molar-refractivity contribution in [2.75, 3.05) is 4.90 Å². The van der Waals surface area contributed by atoms with Crippen molar-refractivity contribution in [2.45, 2.75) is 107 Å². The Morgan fingerprint density at radius 2 is 1.75 bits per heavy atom. The fourth-order valence-electron chi connectivity index (χ4n) is 8.05. The second kappa shape index (κ2) is 8.99. The summed E-state index contributed by atoms with van der Waals surface area (Å²) in [6.45, 7) is 0. The predicted octanol–water partition coefficient (Wildman–Crippen LogP) is 6.58. The third kappa shape index (κ3) is 3.89. The lowest BCUT2D eigenvalue weighted by atomic mass is 9.59. The van der Waals surface area contributed by atoms with Gasteiger partial charge in [0.15, 0.2) is 16.7 Å². The van der Waals surface area contributed by atoms with Gasteiger partial charge in [0, 0.05) is 36.3 Å². The Labute approximate surface area is 234 Å². The highest BCUT2D eigenvalue weighted by Gasteiger charge is 2.49. The average Bonchev–Trinajstić information content (AvgIpc) is 3.43. The summed E-state index contributed by atoms with van der Waals surface area (Å²) >= 11 is 1.33. The van der Waals surface area contributed by atoms with Gasteiger partial charge < -0.3 is 19.3 Å². The molecule has 3 aromatic rings. The molecule has 4 aliphatic carbocycles. The molecule has 2 aromatic heterocycles. The van der Waals surface area contributed by atoms with E-state index in [-0.39, 0.29) is 46.6 Å². The number of esters is 1. The Balaban J connectivity index is 1.03. The number of nitrogens with zero attached hydrogens (tertiary/aromatic N) is 3. The molecule has 4 bridgehead atoms. The van der Waals surface area contributed by atoms with Crippen LogP contribution < -0.4 is 4.90 Å². The molecule has 8 nitrogen and oxygen atoms in total. The molecule has 9 rings (SSSR count). The Morgan fingerprint density at radius 1 is 1.05 bits per heavy atom. The number of aromatic nitrogens is 2. The minimum atomic E-state index is -1.16. The van der Waals surface area contributed by atoms with Crippen LogP contribution >= 0.6 is 11.3 Å². The first-order valence-corrected chi connectivity index (χ1v) is 15.5. The minimum Gasteiger partial charge on any atom is -0.478 e. The number of halogens is 1. The van der Waals surface area contributed by atoms with E-state index in [1.807, 2.05) is 0 Å². The maximum atomic E-state index is 14.6. The summed E-state index contributed by atoms with van der Waals surface area (Å²) in [6.07, 6.45) is 12.0. The van der Waals surface area contributed by atoms with Crippen LogP contribution in [0.25, 0.3) is 10.2 Å². The Kier molecular flexibility index (Phi) is 5.57. The van der Waals surface area contributed by atoms with Gasteiger partial charge in [0.2, 0.25) is 0 Å². The second-order valence-electron chi connectivity index (χ2n) is 12.7. The summed E-state index contributed by atoms with van der Waals surface area (Å²) in [5.74, 6) is -0.218. The summed E-state index contributed by atoms with van der Waals surface area (Å²) in [6, 6.07) is 2.79. The predicted molar refractivity (Wildman–Crippen MR) is 146 cm³/mol. The maximum absolute atomic E-state index is 14.6. The van der Waals surface area contributed by atoms with Crippen LogP contribution in [0.2, 0.25) is 0 Å². The van der Waals surface area contributed by atoms with Crippen LogP contribution in [0, 0.1) is 11.7 Å². The normalized spacial score (nSPS) is 31.2. The number of piperidine rings is 1. The Hall–Kier alpha value is -3.01. The monoisotopic (exact) mass is 565 g/mol. The maximum Gasteiger partial charge on any atom is 0.344 e. The minimum absolute atomic E-state index is 0.0508. The Morgan fingerprint density at radius 3 is 2.40 bits per heavy atom. The number of hydrogen-bond donors (Lipinski definition) is 1. The van der Waals surface area contributed by atoms with E-state index in [0.717, 1.165) is 68.4 Å². The number of thiazole rings is 1. The van der Waals surface area contributed by atoms with E-state index in [1.165, 1.54) is 36.7 Å². The van der Waals surface area contributed by atoms with Gasteiger partial charge in [-0.2, -0.15) is 0 Å². The lowest BCUT2D eigenvalue weighted by molar-refractivity contribution is 0.0195. The van der Waals surface area contributed by atoms with Crippen molar-refractivity contribution >= 4 is 38.6 Å². The number of rotatable bonds is 6. The molecule has 40 heavy (non-hydrogen) atoms. The number of fused-ring (bicyclic) bond motifs is 6. The number of ether oxygens (including phenoxy) is 1. The van der Waals surface area contributed by atoms with Crippen LogP contribution in [0.1, 0.15) is 115 Å². The van der Waals surface area contributed by atoms with E-state index in [4.69, 9.17) is 9.26 Å². The zero-order valence-corrected chi connectivity index (χ0v) is 23.1. The van der Waals surface area contributed by atoms with Gasteiger partial charge in [-0.3, -0.25) is 0 Å². The molecule has 2 aliphatic heterocycles. The second-order valence-corrected chi connectivity index (χ2v) is 13.7. The molecule has 0 spiro atoms. The number of carboxylic acid groups (broad SMARTS) is 1. The molecular weight excluding hydrogens is 533 g/mol. The van der Waals surface area contributed by atoms with Crippen molar-refractivity contribution in [3.63, 3.8) is 0 Å². The molecule has 10 heteroatoms. The van der Waals surface area contributed by atoms with Crippen LogP contribution in [0.3, 0.4) is 0 Å². The fraction of sp³-hybridized carbons (Fsp3) is 0.600. The summed E-state index contributed by atoms with van der Waals surface area (Å²) < 4.78 is 27.3. The van der Waals surface area contributed by atoms with Crippen LogP contribution in [0.15, 0.2) is 16.7 Å². The van der Waals surface area contributed by atoms with Gasteiger partial charge in [0.1, 0.15) is 22.9 Å². The van der Waals surface area contributed by atoms with Crippen molar-refractivity contribution < 1.29 is 28.3 Å². The highest BCUT2D eigenvalue weighted by atomic mass is 32.1. The Bertz CT molecular complexity index is 1490. The zero-order chi connectivity index (χ0) is 27.2. The number of anilines is 1. The van der Waals surface area contributed by atoms with E-state index in [9.17, 15) is 19.1 Å². The van der Waals surface area contributed by atoms with Gasteiger partial charge in [0.25, 0.3) is 0 Å². The molecule has 0 unspecified atom stereocenters. The van der Waals surface area contributed by atoms with Crippen molar-refractivity contribution in [3.05, 3.63) is 40.5 Å². The van der Waals surface area contributed by atoms with Crippen LogP contribution in [0.4, 0.5) is 9.52 Å². The topological polar surface area (TPSA) is 106 Å². The molecule has 0 amide bonds. The zero-order valence-electron chi connectivity index (χ0n) is 22.2. The third-order valence-corrected chi connectivity index (χ3v) is 11.4.